The Morgan fingerprint density at radius 3 is 2.67 bits per heavy atom. The number of aromatic nitrogens is 2. The summed E-state index contributed by atoms with van der Waals surface area (Å²) >= 11 is 5.88. The van der Waals surface area contributed by atoms with Crippen molar-refractivity contribution in [1.29, 1.82) is 0 Å². The minimum Gasteiger partial charge on any atom is -0.373 e. The van der Waals surface area contributed by atoms with Crippen LogP contribution < -0.4 is 10.6 Å². The Kier molecular flexibility index (Phi) is 4.47. The lowest BCUT2D eigenvalue weighted by molar-refractivity contribution is -0.114. The van der Waals surface area contributed by atoms with E-state index in [1.165, 1.54) is 12.1 Å². The molecule has 0 unspecified atom stereocenters. The van der Waals surface area contributed by atoms with Crippen LogP contribution >= 0.6 is 11.6 Å². The first-order valence-corrected chi connectivity index (χ1v) is 6.76. The third-order valence-corrected chi connectivity index (χ3v) is 3.48. The van der Waals surface area contributed by atoms with Gasteiger partial charge in [-0.05, 0) is 26.0 Å². The molecule has 2 N–H and O–H groups in total. The van der Waals surface area contributed by atoms with E-state index < -0.39 is 5.82 Å². The molecule has 0 aliphatic rings. The number of hydrogen-bond donors (Lipinski definition) is 2. The van der Waals surface area contributed by atoms with Gasteiger partial charge in [-0.1, -0.05) is 17.7 Å². The van der Waals surface area contributed by atoms with Gasteiger partial charge < -0.3 is 10.6 Å². The number of benzene rings is 1. The van der Waals surface area contributed by atoms with E-state index in [2.05, 4.69) is 15.7 Å². The molecule has 5 nitrogen and oxygen atoms in total. The number of para-hydroxylation sites is 1. The molecular formula is C14H16ClFN4O. The van der Waals surface area contributed by atoms with Crippen LogP contribution in [0.4, 0.5) is 15.8 Å². The summed E-state index contributed by atoms with van der Waals surface area (Å²) in [7, 11) is 1.80. The van der Waals surface area contributed by atoms with E-state index in [9.17, 15) is 9.18 Å². The number of amides is 1. The zero-order valence-electron chi connectivity index (χ0n) is 12.0. The van der Waals surface area contributed by atoms with Gasteiger partial charge >= 0.3 is 0 Å². The maximum atomic E-state index is 13.6. The van der Waals surface area contributed by atoms with Gasteiger partial charge in [0, 0.05) is 7.05 Å². The minimum absolute atomic E-state index is 0.0889. The van der Waals surface area contributed by atoms with E-state index >= 15 is 0 Å². The molecule has 1 aromatic heterocycles. The van der Waals surface area contributed by atoms with Crippen LogP contribution in [0.15, 0.2) is 18.2 Å². The first kappa shape index (κ1) is 15.3. The number of nitrogens with zero attached hydrogens (tertiary/aromatic N) is 2. The van der Waals surface area contributed by atoms with Crippen LogP contribution in [0.3, 0.4) is 0 Å². The van der Waals surface area contributed by atoms with Crippen molar-refractivity contribution in [2.45, 2.75) is 13.8 Å². The number of carbonyl (C=O) groups is 1. The van der Waals surface area contributed by atoms with Crippen molar-refractivity contribution >= 4 is 28.9 Å². The Hall–Kier alpha value is -2.08. The van der Waals surface area contributed by atoms with E-state index in [0.29, 0.717) is 5.69 Å². The van der Waals surface area contributed by atoms with Crippen molar-refractivity contribution in [2.24, 2.45) is 7.05 Å². The molecule has 2 rings (SSSR count). The van der Waals surface area contributed by atoms with E-state index in [1.54, 1.807) is 17.8 Å². The highest BCUT2D eigenvalue weighted by molar-refractivity contribution is 6.33. The molecule has 0 saturated heterocycles. The quantitative estimate of drug-likeness (QED) is 0.913. The summed E-state index contributed by atoms with van der Waals surface area (Å²) in [5.41, 5.74) is 2.37. The summed E-state index contributed by atoms with van der Waals surface area (Å²) in [5.74, 6) is -0.794. The number of hydrogen-bond acceptors (Lipinski definition) is 3. The Labute approximate surface area is 127 Å². The maximum Gasteiger partial charge on any atom is 0.243 e. The van der Waals surface area contributed by atoms with Gasteiger partial charge in [-0.25, -0.2) is 4.39 Å². The van der Waals surface area contributed by atoms with E-state index in [4.69, 9.17) is 11.6 Å². The van der Waals surface area contributed by atoms with Gasteiger partial charge in [0.05, 0.1) is 34.3 Å². The molecule has 0 aliphatic carbocycles. The van der Waals surface area contributed by atoms with E-state index in [0.717, 1.165) is 11.4 Å². The molecule has 0 radical (unpaired) electrons. The number of nitrogens with one attached hydrogen (secondary N) is 2. The molecule has 2 aromatic rings. The predicted octanol–water partition coefficient (Wildman–Crippen LogP) is 2.88. The number of aryl methyl sites for hydroxylation is 2. The van der Waals surface area contributed by atoms with Gasteiger partial charge in [0.1, 0.15) is 5.82 Å². The van der Waals surface area contributed by atoms with Crippen molar-refractivity contribution in [2.75, 3.05) is 17.2 Å². The summed E-state index contributed by atoms with van der Waals surface area (Å²) in [6, 6.07) is 4.34. The highest BCUT2D eigenvalue weighted by Crippen LogP contribution is 2.24. The monoisotopic (exact) mass is 310 g/mol. The van der Waals surface area contributed by atoms with Crippen LogP contribution in [0.2, 0.25) is 5.02 Å². The highest BCUT2D eigenvalue weighted by Gasteiger charge is 2.13. The van der Waals surface area contributed by atoms with Crippen molar-refractivity contribution in [3.05, 3.63) is 40.4 Å². The third-order valence-electron chi connectivity index (χ3n) is 3.16. The lowest BCUT2D eigenvalue weighted by Gasteiger charge is -2.10. The third kappa shape index (κ3) is 3.33. The molecule has 112 valence electrons. The Morgan fingerprint density at radius 1 is 1.38 bits per heavy atom. The van der Waals surface area contributed by atoms with Crippen LogP contribution in [0.25, 0.3) is 0 Å². The summed E-state index contributed by atoms with van der Waals surface area (Å²) in [6.07, 6.45) is 0. The molecule has 0 aliphatic heterocycles. The summed E-state index contributed by atoms with van der Waals surface area (Å²) in [5, 5.41) is 9.90. The average Bonchev–Trinajstić information content (AvgIpc) is 2.65. The van der Waals surface area contributed by atoms with Crippen molar-refractivity contribution in [3.63, 3.8) is 0 Å². The molecule has 0 bridgehead atoms. The van der Waals surface area contributed by atoms with Gasteiger partial charge in [-0.3, -0.25) is 9.48 Å². The molecule has 1 heterocycles. The molecule has 7 heteroatoms. The number of carbonyl (C=O) groups excluding carboxylic acids is 1. The fourth-order valence-corrected chi connectivity index (χ4v) is 2.20. The standard InChI is InChI=1S/C14H16ClFN4O/c1-8-13(9(2)20(3)19-8)18-12(21)7-17-14-10(15)5-4-6-11(14)16/h4-6,17H,7H2,1-3H3,(H,18,21). The topological polar surface area (TPSA) is 59.0 Å². The largest absolute Gasteiger partial charge is 0.373 e. The van der Waals surface area contributed by atoms with Crippen LogP contribution in [0.5, 0.6) is 0 Å². The Morgan fingerprint density at radius 2 is 2.10 bits per heavy atom. The molecule has 0 atom stereocenters. The average molecular weight is 311 g/mol. The minimum atomic E-state index is -0.496. The van der Waals surface area contributed by atoms with Crippen LogP contribution in [0, 0.1) is 19.7 Å². The molecule has 1 aromatic carbocycles. The molecule has 1 amide bonds. The normalized spacial score (nSPS) is 10.5. The van der Waals surface area contributed by atoms with Crippen LogP contribution in [0.1, 0.15) is 11.4 Å². The Balaban J connectivity index is 2.03. The molecule has 0 spiro atoms. The fraction of sp³-hybridized carbons (Fsp3) is 0.286. The van der Waals surface area contributed by atoms with Crippen molar-refractivity contribution in [3.8, 4) is 0 Å². The summed E-state index contributed by atoms with van der Waals surface area (Å²) < 4.78 is 15.3. The molecule has 0 fully saturated rings. The predicted molar refractivity (Wildman–Crippen MR) is 81.2 cm³/mol. The van der Waals surface area contributed by atoms with Crippen molar-refractivity contribution < 1.29 is 9.18 Å². The Bertz CT molecular complexity index is 664. The smallest absolute Gasteiger partial charge is 0.243 e. The first-order valence-electron chi connectivity index (χ1n) is 6.38. The second kappa shape index (κ2) is 6.13. The highest BCUT2D eigenvalue weighted by atomic mass is 35.5. The van der Waals surface area contributed by atoms with Gasteiger partial charge in [0.2, 0.25) is 5.91 Å². The first-order chi connectivity index (χ1) is 9.90. The zero-order valence-corrected chi connectivity index (χ0v) is 12.8. The second-order valence-electron chi connectivity index (χ2n) is 4.67. The van der Waals surface area contributed by atoms with Crippen LogP contribution in [-0.2, 0) is 11.8 Å². The summed E-state index contributed by atoms with van der Waals surface area (Å²) in [4.78, 5) is 11.9. The number of halogens is 2. The lowest BCUT2D eigenvalue weighted by atomic mass is 10.3. The lowest BCUT2D eigenvalue weighted by Crippen LogP contribution is -2.23. The fourth-order valence-electron chi connectivity index (χ4n) is 1.97. The van der Waals surface area contributed by atoms with Gasteiger partial charge in [0.25, 0.3) is 0 Å². The number of rotatable bonds is 4. The SMILES string of the molecule is Cc1nn(C)c(C)c1NC(=O)CNc1c(F)cccc1Cl. The van der Waals surface area contributed by atoms with Gasteiger partial charge in [0.15, 0.2) is 0 Å². The second-order valence-corrected chi connectivity index (χ2v) is 5.08. The molecule has 0 saturated carbocycles. The van der Waals surface area contributed by atoms with Crippen LogP contribution in [-0.4, -0.2) is 22.2 Å². The maximum absolute atomic E-state index is 13.6. The summed E-state index contributed by atoms with van der Waals surface area (Å²) in [6.45, 7) is 3.58. The number of anilines is 2. The van der Waals surface area contributed by atoms with E-state index in [1.807, 2.05) is 13.8 Å². The van der Waals surface area contributed by atoms with Crippen molar-refractivity contribution in [1.82, 2.24) is 9.78 Å². The van der Waals surface area contributed by atoms with E-state index in [-0.39, 0.29) is 23.2 Å². The zero-order chi connectivity index (χ0) is 15.6. The molecular weight excluding hydrogens is 295 g/mol. The molecule has 21 heavy (non-hydrogen) atoms. The van der Waals surface area contributed by atoms with Gasteiger partial charge in [-0.15, -0.1) is 0 Å². The van der Waals surface area contributed by atoms with Gasteiger partial charge in [-0.2, -0.15) is 5.10 Å².